The van der Waals surface area contributed by atoms with Crippen molar-refractivity contribution in [2.45, 2.75) is 5.60 Å². The van der Waals surface area contributed by atoms with Crippen molar-refractivity contribution in [1.82, 2.24) is 0 Å². The zero-order valence-corrected chi connectivity index (χ0v) is 13.4. The van der Waals surface area contributed by atoms with Crippen molar-refractivity contribution in [3.05, 3.63) is 96.1 Å². The molecule has 0 amide bonds. The Morgan fingerprint density at radius 3 is 1.44 bits per heavy atom. The molecule has 3 heteroatoms. The molecule has 2 N–H and O–H groups in total. The number of fused-ring (bicyclic) bond motifs is 2. The Bertz CT molecular complexity index is 1020. The van der Waals surface area contributed by atoms with Gasteiger partial charge in [0.05, 0.1) is 0 Å². The van der Waals surface area contributed by atoms with Gasteiger partial charge >= 0.3 is 5.97 Å². The van der Waals surface area contributed by atoms with Crippen LogP contribution in [-0.2, 0) is 10.4 Å². The number of hydrogen-bond donors (Lipinski definition) is 2. The number of aliphatic hydroxyl groups is 1. The summed E-state index contributed by atoms with van der Waals surface area (Å²) in [6, 6.07) is 25.8. The van der Waals surface area contributed by atoms with Crippen molar-refractivity contribution < 1.29 is 15.0 Å². The van der Waals surface area contributed by atoms with Crippen LogP contribution in [0.1, 0.15) is 11.1 Å². The maximum absolute atomic E-state index is 12.0. The Morgan fingerprint density at radius 2 is 1.04 bits per heavy atom. The van der Waals surface area contributed by atoms with Gasteiger partial charge in [0.2, 0.25) is 5.60 Å². The molecule has 0 radical (unpaired) electrons. The Balaban J connectivity index is 1.94. The first kappa shape index (κ1) is 15.4. The van der Waals surface area contributed by atoms with Gasteiger partial charge in [0.1, 0.15) is 0 Å². The molecule has 0 aliphatic heterocycles. The van der Waals surface area contributed by atoms with Gasteiger partial charge in [-0.1, -0.05) is 72.8 Å². The van der Waals surface area contributed by atoms with Crippen LogP contribution in [0.5, 0.6) is 0 Å². The standard InChI is InChI=1S/C22H16O3/c23-21(24)22(25,19-11-9-15-5-1-3-7-17(15)13-19)20-12-10-16-6-2-4-8-18(16)14-20/h1-14,25H,(H,23,24). The van der Waals surface area contributed by atoms with E-state index in [1.807, 2.05) is 60.7 Å². The fourth-order valence-corrected chi connectivity index (χ4v) is 3.24. The Labute approximate surface area is 144 Å². The van der Waals surface area contributed by atoms with Gasteiger partial charge in [-0.3, -0.25) is 0 Å². The first-order chi connectivity index (χ1) is 12.1. The predicted octanol–water partition coefficient (Wildman–Crippen LogP) is 4.31. The van der Waals surface area contributed by atoms with Crippen molar-refractivity contribution in [3.8, 4) is 0 Å². The molecular weight excluding hydrogens is 312 g/mol. The molecule has 4 rings (SSSR count). The lowest BCUT2D eigenvalue weighted by atomic mass is 9.84. The van der Waals surface area contributed by atoms with Crippen LogP contribution in [0.2, 0.25) is 0 Å². The number of rotatable bonds is 3. The van der Waals surface area contributed by atoms with Crippen molar-refractivity contribution in [2.24, 2.45) is 0 Å². The average Bonchev–Trinajstić information content (AvgIpc) is 2.66. The zero-order valence-electron chi connectivity index (χ0n) is 13.4. The minimum atomic E-state index is -2.10. The quantitative estimate of drug-likeness (QED) is 0.589. The molecule has 3 nitrogen and oxygen atoms in total. The third kappa shape index (κ3) is 2.46. The van der Waals surface area contributed by atoms with E-state index in [0.717, 1.165) is 21.5 Å². The van der Waals surface area contributed by atoms with Crippen LogP contribution in [-0.4, -0.2) is 16.2 Å². The monoisotopic (exact) mass is 328 g/mol. The number of benzene rings is 4. The maximum atomic E-state index is 12.0. The maximum Gasteiger partial charge on any atom is 0.345 e. The van der Waals surface area contributed by atoms with E-state index in [4.69, 9.17) is 0 Å². The second-order valence-corrected chi connectivity index (χ2v) is 6.14. The summed E-state index contributed by atoms with van der Waals surface area (Å²) in [4.78, 5) is 12.0. The fourth-order valence-electron chi connectivity index (χ4n) is 3.24. The van der Waals surface area contributed by atoms with Crippen molar-refractivity contribution in [1.29, 1.82) is 0 Å². The highest BCUT2D eigenvalue weighted by molar-refractivity contribution is 5.91. The van der Waals surface area contributed by atoms with E-state index in [0.29, 0.717) is 11.1 Å². The third-order valence-electron chi connectivity index (χ3n) is 4.64. The summed E-state index contributed by atoms with van der Waals surface area (Å²) < 4.78 is 0. The second kappa shape index (κ2) is 5.72. The van der Waals surface area contributed by atoms with E-state index in [1.165, 1.54) is 0 Å². The van der Waals surface area contributed by atoms with Crippen LogP contribution in [0.15, 0.2) is 84.9 Å². The third-order valence-corrected chi connectivity index (χ3v) is 4.64. The highest BCUT2D eigenvalue weighted by Crippen LogP contribution is 2.33. The van der Waals surface area contributed by atoms with Crippen LogP contribution in [0.25, 0.3) is 21.5 Å². The SMILES string of the molecule is O=C(O)C(O)(c1ccc2ccccc2c1)c1ccc2ccccc2c1. The van der Waals surface area contributed by atoms with Crippen LogP contribution >= 0.6 is 0 Å². The number of carboxylic acids is 1. The molecule has 0 saturated heterocycles. The van der Waals surface area contributed by atoms with Gasteiger partial charge in [0.15, 0.2) is 0 Å². The van der Waals surface area contributed by atoms with Gasteiger partial charge in [-0.15, -0.1) is 0 Å². The summed E-state index contributed by atoms with van der Waals surface area (Å²) in [5.74, 6) is -1.29. The molecule has 122 valence electrons. The Morgan fingerprint density at radius 1 is 0.640 bits per heavy atom. The van der Waals surface area contributed by atoms with E-state index in [2.05, 4.69) is 0 Å². The Hall–Kier alpha value is -3.17. The van der Waals surface area contributed by atoms with Crippen molar-refractivity contribution in [3.63, 3.8) is 0 Å². The minimum absolute atomic E-state index is 0.342. The van der Waals surface area contributed by atoms with Gasteiger partial charge < -0.3 is 10.2 Å². The van der Waals surface area contributed by atoms with Gasteiger partial charge in [0.25, 0.3) is 0 Å². The fraction of sp³-hybridized carbons (Fsp3) is 0.0455. The molecule has 0 atom stereocenters. The largest absolute Gasteiger partial charge is 0.479 e. The van der Waals surface area contributed by atoms with Crippen molar-refractivity contribution >= 4 is 27.5 Å². The molecule has 0 unspecified atom stereocenters. The molecule has 0 spiro atoms. The van der Waals surface area contributed by atoms with E-state index >= 15 is 0 Å². The molecular formula is C22H16O3. The van der Waals surface area contributed by atoms with Crippen LogP contribution in [0.3, 0.4) is 0 Å². The number of hydrogen-bond acceptors (Lipinski definition) is 2. The van der Waals surface area contributed by atoms with Crippen LogP contribution < -0.4 is 0 Å². The molecule has 25 heavy (non-hydrogen) atoms. The minimum Gasteiger partial charge on any atom is -0.479 e. The average molecular weight is 328 g/mol. The first-order valence-corrected chi connectivity index (χ1v) is 8.03. The van der Waals surface area contributed by atoms with Gasteiger partial charge in [-0.2, -0.15) is 0 Å². The number of carbonyl (C=O) groups is 1. The van der Waals surface area contributed by atoms with Crippen LogP contribution in [0.4, 0.5) is 0 Å². The molecule has 0 aliphatic rings. The summed E-state index contributed by atoms with van der Waals surface area (Å²) in [6.07, 6.45) is 0. The molecule has 0 bridgehead atoms. The molecule has 4 aromatic rings. The summed E-state index contributed by atoms with van der Waals surface area (Å²) in [6.45, 7) is 0. The molecule has 0 aliphatic carbocycles. The lowest BCUT2D eigenvalue weighted by Gasteiger charge is -2.25. The lowest BCUT2D eigenvalue weighted by Crippen LogP contribution is -2.36. The molecule has 4 aromatic carbocycles. The zero-order chi connectivity index (χ0) is 17.4. The highest BCUT2D eigenvalue weighted by Gasteiger charge is 2.40. The summed E-state index contributed by atoms with van der Waals surface area (Å²) in [5.41, 5.74) is -1.42. The molecule has 0 saturated carbocycles. The number of carboxylic acid groups (broad SMARTS) is 1. The lowest BCUT2D eigenvalue weighted by molar-refractivity contribution is -0.155. The van der Waals surface area contributed by atoms with Gasteiger partial charge in [-0.05, 0) is 33.7 Å². The van der Waals surface area contributed by atoms with Crippen molar-refractivity contribution in [2.75, 3.05) is 0 Å². The van der Waals surface area contributed by atoms with Gasteiger partial charge in [0, 0.05) is 11.1 Å². The summed E-state index contributed by atoms with van der Waals surface area (Å²) in [5, 5.41) is 24.8. The van der Waals surface area contributed by atoms with E-state index in [1.54, 1.807) is 24.3 Å². The second-order valence-electron chi connectivity index (χ2n) is 6.14. The molecule has 0 fully saturated rings. The van der Waals surface area contributed by atoms with E-state index in [-0.39, 0.29) is 0 Å². The normalized spacial score (nSPS) is 11.7. The van der Waals surface area contributed by atoms with E-state index < -0.39 is 11.6 Å². The summed E-state index contributed by atoms with van der Waals surface area (Å²) in [7, 11) is 0. The highest BCUT2D eigenvalue weighted by atomic mass is 16.4. The first-order valence-electron chi connectivity index (χ1n) is 8.03. The topological polar surface area (TPSA) is 57.5 Å². The summed E-state index contributed by atoms with van der Waals surface area (Å²) >= 11 is 0. The smallest absolute Gasteiger partial charge is 0.345 e. The molecule has 0 aromatic heterocycles. The van der Waals surface area contributed by atoms with Gasteiger partial charge in [-0.25, -0.2) is 4.79 Å². The predicted molar refractivity (Wildman–Crippen MR) is 98.5 cm³/mol. The number of aliphatic carboxylic acids is 1. The molecule has 0 heterocycles. The Kier molecular flexibility index (Phi) is 3.52. The van der Waals surface area contributed by atoms with E-state index in [9.17, 15) is 15.0 Å². The van der Waals surface area contributed by atoms with Crippen LogP contribution in [0, 0.1) is 0 Å².